The molecule has 150 valence electrons. The molecule has 0 saturated carbocycles. The van der Waals surface area contributed by atoms with Gasteiger partial charge < -0.3 is 4.74 Å². The van der Waals surface area contributed by atoms with E-state index in [2.05, 4.69) is 37.9 Å². The van der Waals surface area contributed by atoms with Crippen LogP contribution in [0.2, 0.25) is 0 Å². The highest BCUT2D eigenvalue weighted by atomic mass is 16.5. The summed E-state index contributed by atoms with van der Waals surface area (Å²) >= 11 is 0. The largest absolute Gasteiger partial charge is 0.379 e. The molecule has 4 rings (SSSR count). The summed E-state index contributed by atoms with van der Waals surface area (Å²) in [5.74, 6) is -0.242. The van der Waals surface area contributed by atoms with Gasteiger partial charge in [-0.25, -0.2) is 10.1 Å². The second-order valence-corrected chi connectivity index (χ2v) is 6.99. The Bertz CT molecular complexity index is 995. The molecular weight excluding hydrogens is 368 g/mol. The van der Waals surface area contributed by atoms with Crippen LogP contribution in [0, 0.1) is 0 Å². The van der Waals surface area contributed by atoms with Crippen molar-refractivity contribution in [3.05, 3.63) is 60.2 Å². The van der Waals surface area contributed by atoms with Gasteiger partial charge in [-0.1, -0.05) is 47.7 Å². The number of nitrogens with one attached hydrogen (secondary N) is 1. The van der Waals surface area contributed by atoms with Crippen LogP contribution in [-0.2, 0) is 16.1 Å². The zero-order valence-electron chi connectivity index (χ0n) is 16.4. The summed E-state index contributed by atoms with van der Waals surface area (Å²) in [5, 5.41) is 12.5. The summed E-state index contributed by atoms with van der Waals surface area (Å²) in [7, 11) is 0. The number of carbonyl (C=O) groups excluding carboxylic acids is 1. The first kappa shape index (κ1) is 19.2. The van der Waals surface area contributed by atoms with Crippen LogP contribution in [0.15, 0.2) is 59.7 Å². The molecule has 0 spiro atoms. The van der Waals surface area contributed by atoms with Crippen LogP contribution in [-0.4, -0.2) is 57.8 Å². The first-order chi connectivity index (χ1) is 14.2. The minimum absolute atomic E-state index is 0.00685. The zero-order valence-corrected chi connectivity index (χ0v) is 16.4. The number of benzene rings is 2. The van der Waals surface area contributed by atoms with E-state index in [0.29, 0.717) is 13.2 Å². The molecule has 1 aliphatic heterocycles. The number of fused-ring (bicyclic) bond motifs is 1. The molecule has 1 aliphatic rings. The molecule has 1 amide bonds. The van der Waals surface area contributed by atoms with Crippen molar-refractivity contribution in [2.45, 2.75) is 19.5 Å². The van der Waals surface area contributed by atoms with E-state index in [1.807, 2.05) is 49.4 Å². The minimum atomic E-state index is -0.242. The molecule has 0 radical (unpaired) electrons. The van der Waals surface area contributed by atoms with Crippen molar-refractivity contribution in [1.82, 2.24) is 25.3 Å². The van der Waals surface area contributed by atoms with Gasteiger partial charge >= 0.3 is 0 Å². The number of ether oxygens (including phenoxy) is 1. The molecule has 0 aliphatic carbocycles. The Balaban J connectivity index is 1.48. The topological polar surface area (TPSA) is 84.6 Å². The van der Waals surface area contributed by atoms with Gasteiger partial charge in [-0.15, -0.1) is 5.10 Å². The molecule has 2 heterocycles. The highest BCUT2D eigenvalue weighted by molar-refractivity contribution is 5.90. The Morgan fingerprint density at radius 3 is 2.66 bits per heavy atom. The van der Waals surface area contributed by atoms with Crippen LogP contribution in [0.5, 0.6) is 0 Å². The molecule has 8 heteroatoms. The number of morpholine rings is 1. The van der Waals surface area contributed by atoms with Crippen LogP contribution in [0.1, 0.15) is 18.5 Å². The lowest BCUT2D eigenvalue weighted by Crippen LogP contribution is -2.42. The molecule has 0 bridgehead atoms. The maximum atomic E-state index is 12.5. The van der Waals surface area contributed by atoms with E-state index in [-0.39, 0.29) is 18.5 Å². The Hall–Kier alpha value is -3.10. The molecule has 1 atom stereocenters. The molecule has 8 nitrogen and oxygen atoms in total. The number of rotatable bonds is 6. The van der Waals surface area contributed by atoms with Gasteiger partial charge in [0.1, 0.15) is 12.1 Å². The third-order valence-electron chi connectivity index (χ3n) is 4.99. The summed E-state index contributed by atoms with van der Waals surface area (Å²) in [4.78, 5) is 14.8. The fourth-order valence-electron chi connectivity index (χ4n) is 3.60. The number of hydrogen-bond acceptors (Lipinski definition) is 6. The number of hydrazone groups is 1. The van der Waals surface area contributed by atoms with Crippen molar-refractivity contribution < 1.29 is 9.53 Å². The van der Waals surface area contributed by atoms with Crippen LogP contribution in [0.4, 0.5) is 0 Å². The molecular formula is C21H24N6O2. The normalized spacial score (nSPS) is 16.7. The number of para-hydroxylation sites is 1. The van der Waals surface area contributed by atoms with Gasteiger partial charge in [0, 0.05) is 13.1 Å². The van der Waals surface area contributed by atoms with Crippen molar-refractivity contribution >= 4 is 22.7 Å². The average molecular weight is 392 g/mol. The number of amides is 1. The highest BCUT2D eigenvalue weighted by Gasteiger charge is 2.25. The van der Waals surface area contributed by atoms with E-state index >= 15 is 0 Å². The van der Waals surface area contributed by atoms with Crippen LogP contribution < -0.4 is 5.43 Å². The van der Waals surface area contributed by atoms with Crippen molar-refractivity contribution in [3.63, 3.8) is 0 Å². The maximum Gasteiger partial charge on any atom is 0.261 e. The number of hydrogen-bond donors (Lipinski definition) is 1. The van der Waals surface area contributed by atoms with Gasteiger partial charge in [-0.3, -0.25) is 9.69 Å². The molecule has 1 saturated heterocycles. The molecule has 2 aromatic carbocycles. The number of nitrogens with zero attached hydrogens (tertiary/aromatic N) is 5. The summed E-state index contributed by atoms with van der Waals surface area (Å²) < 4.78 is 7.07. The molecule has 0 unspecified atom stereocenters. The third kappa shape index (κ3) is 4.49. The monoisotopic (exact) mass is 392 g/mol. The fourth-order valence-corrected chi connectivity index (χ4v) is 3.60. The van der Waals surface area contributed by atoms with E-state index in [0.717, 1.165) is 35.4 Å². The summed E-state index contributed by atoms with van der Waals surface area (Å²) in [6.07, 6.45) is 0. The highest BCUT2D eigenvalue weighted by Crippen LogP contribution is 2.23. The number of aromatic nitrogens is 3. The van der Waals surface area contributed by atoms with Crippen molar-refractivity contribution in [3.8, 4) is 0 Å². The van der Waals surface area contributed by atoms with Crippen molar-refractivity contribution in [1.29, 1.82) is 0 Å². The van der Waals surface area contributed by atoms with Crippen LogP contribution in [0.3, 0.4) is 0 Å². The molecule has 1 N–H and O–H groups in total. The molecule has 1 aromatic heterocycles. The first-order valence-electron chi connectivity index (χ1n) is 9.70. The van der Waals surface area contributed by atoms with E-state index in [4.69, 9.17) is 4.74 Å². The first-order valence-corrected chi connectivity index (χ1v) is 9.70. The van der Waals surface area contributed by atoms with Crippen molar-refractivity contribution in [2.24, 2.45) is 5.10 Å². The van der Waals surface area contributed by atoms with E-state index in [9.17, 15) is 4.79 Å². The van der Waals surface area contributed by atoms with Gasteiger partial charge in [0.15, 0.2) is 0 Å². The second-order valence-electron chi connectivity index (χ2n) is 6.99. The van der Waals surface area contributed by atoms with Crippen molar-refractivity contribution in [2.75, 3.05) is 26.3 Å². The predicted octanol–water partition coefficient (Wildman–Crippen LogP) is 2.00. The summed E-state index contributed by atoms with van der Waals surface area (Å²) in [6, 6.07) is 17.7. The zero-order chi connectivity index (χ0) is 20.1. The lowest BCUT2D eigenvalue weighted by atomic mass is 10.0. The summed E-state index contributed by atoms with van der Waals surface area (Å²) in [6.45, 7) is 5.05. The third-order valence-corrected chi connectivity index (χ3v) is 4.99. The quantitative estimate of drug-likeness (QED) is 0.512. The Morgan fingerprint density at radius 2 is 1.86 bits per heavy atom. The van der Waals surface area contributed by atoms with Gasteiger partial charge in [0.25, 0.3) is 5.91 Å². The Morgan fingerprint density at radius 1 is 1.14 bits per heavy atom. The van der Waals surface area contributed by atoms with Gasteiger partial charge in [0.2, 0.25) is 0 Å². The van der Waals surface area contributed by atoms with Gasteiger partial charge in [-0.2, -0.15) is 5.10 Å². The van der Waals surface area contributed by atoms with E-state index < -0.39 is 0 Å². The predicted molar refractivity (Wildman–Crippen MR) is 110 cm³/mol. The van der Waals surface area contributed by atoms with Crippen LogP contribution >= 0.6 is 0 Å². The SMILES string of the molecule is C/C(=N/NC(=O)Cn1nnc2ccccc21)[C@H](c1ccccc1)N1CCOCC1. The fraction of sp³-hybridized carbons (Fsp3) is 0.333. The van der Waals surface area contributed by atoms with Gasteiger partial charge in [0.05, 0.1) is 30.5 Å². The maximum absolute atomic E-state index is 12.5. The van der Waals surface area contributed by atoms with E-state index in [1.54, 1.807) is 4.68 Å². The Labute approximate surface area is 169 Å². The lowest BCUT2D eigenvalue weighted by molar-refractivity contribution is -0.121. The summed E-state index contributed by atoms with van der Waals surface area (Å²) in [5.41, 5.74) is 6.23. The second kappa shape index (κ2) is 8.93. The van der Waals surface area contributed by atoms with Crippen LogP contribution in [0.25, 0.3) is 11.0 Å². The van der Waals surface area contributed by atoms with Gasteiger partial charge in [-0.05, 0) is 24.6 Å². The minimum Gasteiger partial charge on any atom is -0.379 e. The van der Waals surface area contributed by atoms with E-state index in [1.165, 1.54) is 0 Å². The number of carbonyl (C=O) groups is 1. The molecule has 1 fully saturated rings. The lowest BCUT2D eigenvalue weighted by Gasteiger charge is -2.34. The smallest absolute Gasteiger partial charge is 0.261 e. The molecule has 3 aromatic rings. The Kier molecular flexibility index (Phi) is 5.92. The molecule has 29 heavy (non-hydrogen) atoms. The average Bonchev–Trinajstić information content (AvgIpc) is 3.17. The standard InChI is InChI=1S/C21H24N6O2/c1-16(21(17-7-3-2-4-8-17)26-11-13-29-14-12-26)22-24-20(28)15-27-19-10-6-5-9-18(19)23-25-27/h2-10,21H,11-15H2,1H3,(H,24,28)/b22-16-/t21-/m1/s1.